The van der Waals surface area contributed by atoms with Crippen LogP contribution >= 0.6 is 0 Å². The minimum atomic E-state index is -3.95. The summed E-state index contributed by atoms with van der Waals surface area (Å²) in [5.41, 5.74) is 0.487. The van der Waals surface area contributed by atoms with Crippen molar-refractivity contribution in [1.82, 2.24) is 9.44 Å². The van der Waals surface area contributed by atoms with Crippen LogP contribution in [0.3, 0.4) is 0 Å². The summed E-state index contributed by atoms with van der Waals surface area (Å²) in [5.74, 6) is 0.0516. The van der Waals surface area contributed by atoms with Gasteiger partial charge in [0.15, 0.2) is 11.6 Å². The highest BCUT2D eigenvalue weighted by Crippen LogP contribution is 2.39. The van der Waals surface area contributed by atoms with Crippen molar-refractivity contribution >= 4 is 31.6 Å². The van der Waals surface area contributed by atoms with Crippen molar-refractivity contribution in [3.05, 3.63) is 58.7 Å². The fourth-order valence-electron chi connectivity index (χ4n) is 7.17. The summed E-state index contributed by atoms with van der Waals surface area (Å²) in [6.07, 6.45) is 6.68. The molecule has 2 aromatic rings. The fourth-order valence-corrected chi connectivity index (χ4v) is 9.83. The van der Waals surface area contributed by atoms with E-state index in [-0.39, 0.29) is 55.0 Å². The Balaban J connectivity index is 1.34. The molecule has 0 radical (unpaired) electrons. The summed E-state index contributed by atoms with van der Waals surface area (Å²) < 4.78 is 59.0. The van der Waals surface area contributed by atoms with E-state index in [2.05, 4.69) is 51.0 Å². The SMILES string of the molecule is CC(C)(C)C1CCC(NS(=O)(=O)c2ccc3c(c2)C(=O)c2cc(S(=O)(=O)NC4CCC(C(C)(C)C)CC4)ccc2C3=O)CC1. The van der Waals surface area contributed by atoms with Crippen molar-refractivity contribution in [2.45, 2.75) is 115 Å². The van der Waals surface area contributed by atoms with Crippen molar-refractivity contribution in [2.75, 3.05) is 0 Å². The molecule has 0 amide bonds. The van der Waals surface area contributed by atoms with Crippen molar-refractivity contribution in [3.8, 4) is 0 Å². The zero-order chi connectivity index (χ0) is 32.2. The third kappa shape index (κ3) is 6.73. The molecule has 2 N–H and O–H groups in total. The lowest BCUT2D eigenvalue weighted by Crippen LogP contribution is -2.39. The van der Waals surface area contributed by atoms with E-state index in [1.54, 1.807) is 0 Å². The van der Waals surface area contributed by atoms with E-state index in [9.17, 15) is 26.4 Å². The van der Waals surface area contributed by atoms with Crippen LogP contribution < -0.4 is 9.44 Å². The Morgan fingerprint density at radius 1 is 0.523 bits per heavy atom. The second kappa shape index (κ2) is 11.8. The molecule has 0 unspecified atom stereocenters. The highest BCUT2D eigenvalue weighted by atomic mass is 32.2. The number of hydrogen-bond donors (Lipinski definition) is 2. The van der Waals surface area contributed by atoms with Gasteiger partial charge < -0.3 is 0 Å². The van der Waals surface area contributed by atoms with Crippen LogP contribution in [0, 0.1) is 22.7 Å². The minimum absolute atomic E-state index is 0.0372. The zero-order valence-corrected chi connectivity index (χ0v) is 28.3. The molecule has 2 saturated carbocycles. The Morgan fingerprint density at radius 2 is 0.841 bits per heavy atom. The number of ketones is 2. The van der Waals surface area contributed by atoms with Gasteiger partial charge >= 0.3 is 0 Å². The quantitative estimate of drug-likeness (QED) is 0.328. The summed E-state index contributed by atoms with van der Waals surface area (Å²) in [4.78, 5) is 26.8. The van der Waals surface area contributed by atoms with Crippen LogP contribution in [0.2, 0.25) is 0 Å². The number of carbonyl (C=O) groups is 2. The molecule has 8 nitrogen and oxygen atoms in total. The van der Waals surface area contributed by atoms with Crippen LogP contribution in [0.25, 0.3) is 0 Å². The van der Waals surface area contributed by atoms with E-state index in [0.29, 0.717) is 11.8 Å². The molecule has 0 saturated heterocycles. The second-order valence-corrected chi connectivity index (χ2v) is 18.6. The van der Waals surface area contributed by atoms with E-state index < -0.39 is 31.6 Å². The molecule has 0 bridgehead atoms. The first kappa shape index (κ1) is 33.0. The number of fused-ring (bicyclic) bond motifs is 2. The van der Waals surface area contributed by atoms with Gasteiger partial charge in [0.2, 0.25) is 20.0 Å². The van der Waals surface area contributed by atoms with E-state index in [1.807, 2.05) is 0 Å². The standard InChI is InChI=1S/C34H46N2O6S2/c1-33(2,3)21-7-11-23(12-8-21)35-43(39,40)25-15-17-27-29(19-25)32(38)30-20-26(16-18-28(30)31(27)37)44(41,42)36-24-13-9-22(10-14-24)34(4,5)6/h15-24,35-36H,7-14H2,1-6H3. The van der Waals surface area contributed by atoms with Crippen LogP contribution in [0.15, 0.2) is 46.2 Å². The Morgan fingerprint density at radius 3 is 1.16 bits per heavy atom. The van der Waals surface area contributed by atoms with E-state index >= 15 is 0 Å². The largest absolute Gasteiger partial charge is 0.289 e. The molecule has 10 heteroatoms. The van der Waals surface area contributed by atoms with Gasteiger partial charge in [0.25, 0.3) is 0 Å². The molecule has 240 valence electrons. The van der Waals surface area contributed by atoms with Crippen LogP contribution in [0.4, 0.5) is 0 Å². The molecule has 3 aliphatic carbocycles. The van der Waals surface area contributed by atoms with E-state index in [4.69, 9.17) is 0 Å². The minimum Gasteiger partial charge on any atom is -0.289 e. The number of hydrogen-bond acceptors (Lipinski definition) is 6. The molecule has 44 heavy (non-hydrogen) atoms. The zero-order valence-electron chi connectivity index (χ0n) is 26.7. The van der Waals surface area contributed by atoms with E-state index in [1.165, 1.54) is 36.4 Å². The van der Waals surface area contributed by atoms with Crippen molar-refractivity contribution in [2.24, 2.45) is 22.7 Å². The normalized spacial score (nSPS) is 25.0. The van der Waals surface area contributed by atoms with Gasteiger partial charge in [0.1, 0.15) is 0 Å². The predicted molar refractivity (Wildman–Crippen MR) is 171 cm³/mol. The maximum absolute atomic E-state index is 13.7. The first-order valence-electron chi connectivity index (χ1n) is 15.8. The molecular weight excluding hydrogens is 597 g/mol. The van der Waals surface area contributed by atoms with Gasteiger partial charge in [0.05, 0.1) is 9.79 Å². The van der Waals surface area contributed by atoms with Gasteiger partial charge in [-0.3, -0.25) is 9.59 Å². The van der Waals surface area contributed by atoms with Crippen molar-refractivity contribution in [1.29, 1.82) is 0 Å². The van der Waals surface area contributed by atoms with E-state index in [0.717, 1.165) is 51.4 Å². The monoisotopic (exact) mass is 642 g/mol. The summed E-state index contributed by atoms with van der Waals surface area (Å²) in [7, 11) is -7.89. The summed E-state index contributed by atoms with van der Waals surface area (Å²) >= 11 is 0. The average molecular weight is 643 g/mol. The molecule has 2 fully saturated rings. The van der Waals surface area contributed by atoms with Crippen LogP contribution in [-0.2, 0) is 20.0 Å². The topological polar surface area (TPSA) is 126 Å². The van der Waals surface area contributed by atoms with Gasteiger partial charge in [0, 0.05) is 34.3 Å². The van der Waals surface area contributed by atoms with Crippen LogP contribution in [0.1, 0.15) is 125 Å². The smallest absolute Gasteiger partial charge is 0.240 e. The molecule has 0 atom stereocenters. The van der Waals surface area contributed by atoms with Crippen molar-refractivity contribution in [3.63, 3.8) is 0 Å². The van der Waals surface area contributed by atoms with Gasteiger partial charge in [-0.25, -0.2) is 26.3 Å². The highest BCUT2D eigenvalue weighted by molar-refractivity contribution is 7.89. The molecule has 5 rings (SSSR count). The molecule has 0 heterocycles. The molecule has 0 spiro atoms. The molecule has 3 aliphatic rings. The van der Waals surface area contributed by atoms with Crippen molar-refractivity contribution < 1.29 is 26.4 Å². The summed E-state index contributed by atoms with van der Waals surface area (Å²) in [6, 6.07) is 7.56. The van der Waals surface area contributed by atoms with Gasteiger partial charge in [-0.2, -0.15) is 0 Å². The first-order valence-corrected chi connectivity index (χ1v) is 18.8. The molecular formula is C34H46N2O6S2. The third-order valence-electron chi connectivity index (χ3n) is 10.1. The Bertz CT molecular complexity index is 1550. The Hall–Kier alpha value is -2.40. The number of rotatable bonds is 6. The lowest BCUT2D eigenvalue weighted by atomic mass is 9.71. The third-order valence-corrected chi connectivity index (χ3v) is 13.2. The number of sulfonamides is 2. The maximum atomic E-state index is 13.7. The highest BCUT2D eigenvalue weighted by Gasteiger charge is 2.36. The molecule has 0 aliphatic heterocycles. The Kier molecular flexibility index (Phi) is 8.81. The summed E-state index contributed by atoms with van der Waals surface area (Å²) in [6.45, 7) is 13.2. The predicted octanol–water partition coefficient (Wildman–Crippen LogP) is 6.23. The van der Waals surface area contributed by atoms with Gasteiger partial charge in [-0.15, -0.1) is 0 Å². The second-order valence-electron chi connectivity index (χ2n) is 15.1. The summed E-state index contributed by atoms with van der Waals surface area (Å²) in [5, 5.41) is 0. The van der Waals surface area contributed by atoms with Crippen LogP contribution in [0.5, 0.6) is 0 Å². The number of carbonyl (C=O) groups excluding carboxylic acids is 2. The maximum Gasteiger partial charge on any atom is 0.240 e. The van der Waals surface area contributed by atoms with Gasteiger partial charge in [-0.05, 0) is 110 Å². The molecule has 2 aromatic carbocycles. The fraction of sp³-hybridized carbons (Fsp3) is 0.588. The van der Waals surface area contributed by atoms with Gasteiger partial charge in [-0.1, -0.05) is 41.5 Å². The lowest BCUT2D eigenvalue weighted by Gasteiger charge is -2.37. The number of nitrogens with one attached hydrogen (secondary N) is 2. The van der Waals surface area contributed by atoms with Crippen LogP contribution in [-0.4, -0.2) is 40.5 Å². The molecule has 0 aromatic heterocycles. The lowest BCUT2D eigenvalue weighted by molar-refractivity contribution is 0.0978. The average Bonchev–Trinajstić information content (AvgIpc) is 2.94. The number of benzene rings is 2. The Labute approximate surface area is 262 Å². The first-order chi connectivity index (χ1) is 20.4.